The molecule has 0 aromatic rings. The maximum atomic E-state index is 10.3. The molecular formula is C6H12N2O3. The zero-order valence-electron chi connectivity index (χ0n) is 6.33. The highest BCUT2D eigenvalue weighted by molar-refractivity contribution is 5.78. The summed E-state index contributed by atoms with van der Waals surface area (Å²) in [7, 11) is 0. The van der Waals surface area contributed by atoms with E-state index >= 15 is 0 Å². The van der Waals surface area contributed by atoms with E-state index in [1.807, 2.05) is 0 Å². The van der Waals surface area contributed by atoms with E-state index < -0.39 is 17.4 Å². The molecule has 64 valence electrons. The predicted molar refractivity (Wildman–Crippen MR) is 38.2 cm³/mol. The Balaban J connectivity index is 3.99. The molecule has 0 spiro atoms. The van der Waals surface area contributed by atoms with Gasteiger partial charge in [0.1, 0.15) is 0 Å². The van der Waals surface area contributed by atoms with Crippen LogP contribution in [-0.2, 0) is 9.59 Å². The first-order chi connectivity index (χ1) is 4.83. The molecule has 0 bridgehead atoms. The van der Waals surface area contributed by atoms with E-state index in [0.717, 1.165) is 0 Å². The van der Waals surface area contributed by atoms with Crippen molar-refractivity contribution in [2.45, 2.75) is 25.4 Å². The number of carbonyl (C=O) groups is 2. The van der Waals surface area contributed by atoms with Crippen molar-refractivity contribution in [1.29, 1.82) is 0 Å². The Kier molecular flexibility index (Phi) is 3.00. The lowest BCUT2D eigenvalue weighted by atomic mass is 9.98. The largest absolute Gasteiger partial charge is 0.389 e. The van der Waals surface area contributed by atoms with Gasteiger partial charge in [0.05, 0.1) is 18.4 Å². The molecule has 2 amide bonds. The second-order valence-corrected chi connectivity index (χ2v) is 2.78. The third kappa shape index (κ3) is 5.35. The van der Waals surface area contributed by atoms with Gasteiger partial charge in [-0.3, -0.25) is 9.59 Å². The highest BCUT2D eigenvalue weighted by Crippen LogP contribution is 2.12. The standard InChI is InChI=1S/C6H12N2O3/c1-6(11,2-4(7)9)3-5(8)10/h11H,2-3H2,1H3,(H2,7,9)(H2,8,10). The van der Waals surface area contributed by atoms with Crippen molar-refractivity contribution >= 4 is 11.8 Å². The highest BCUT2D eigenvalue weighted by Gasteiger charge is 2.25. The first-order valence-corrected chi connectivity index (χ1v) is 3.12. The molecule has 0 radical (unpaired) electrons. The SMILES string of the molecule is CC(O)(CC(N)=O)CC(N)=O. The van der Waals surface area contributed by atoms with Crippen molar-refractivity contribution in [2.24, 2.45) is 11.5 Å². The van der Waals surface area contributed by atoms with Gasteiger partial charge in [-0.25, -0.2) is 0 Å². The van der Waals surface area contributed by atoms with Crippen LogP contribution in [0.1, 0.15) is 19.8 Å². The highest BCUT2D eigenvalue weighted by atomic mass is 16.3. The zero-order valence-corrected chi connectivity index (χ0v) is 6.33. The average Bonchev–Trinajstić information content (AvgIpc) is 1.53. The van der Waals surface area contributed by atoms with E-state index in [0.29, 0.717) is 0 Å². The molecule has 0 aliphatic carbocycles. The van der Waals surface area contributed by atoms with Crippen molar-refractivity contribution in [1.82, 2.24) is 0 Å². The number of hydrogen-bond acceptors (Lipinski definition) is 3. The minimum absolute atomic E-state index is 0.254. The molecule has 0 saturated carbocycles. The van der Waals surface area contributed by atoms with Gasteiger partial charge in [0, 0.05) is 0 Å². The number of aliphatic hydroxyl groups is 1. The van der Waals surface area contributed by atoms with Crippen LogP contribution >= 0.6 is 0 Å². The van der Waals surface area contributed by atoms with Gasteiger partial charge >= 0.3 is 0 Å². The van der Waals surface area contributed by atoms with Gasteiger partial charge in [0.2, 0.25) is 11.8 Å². The molecule has 0 unspecified atom stereocenters. The number of nitrogens with two attached hydrogens (primary N) is 2. The Labute approximate surface area is 64.4 Å². The summed E-state index contributed by atoms with van der Waals surface area (Å²) in [6.07, 6.45) is -0.508. The zero-order chi connectivity index (χ0) is 9.07. The molecule has 5 nitrogen and oxygen atoms in total. The summed E-state index contributed by atoms with van der Waals surface area (Å²) in [6.45, 7) is 1.34. The third-order valence-electron chi connectivity index (χ3n) is 1.11. The fourth-order valence-electron chi connectivity index (χ4n) is 0.813. The predicted octanol–water partition coefficient (Wildman–Crippen LogP) is -1.51. The molecule has 0 aromatic heterocycles. The maximum Gasteiger partial charge on any atom is 0.220 e. The number of rotatable bonds is 4. The smallest absolute Gasteiger partial charge is 0.220 e. The number of amides is 2. The molecule has 0 aliphatic heterocycles. The first kappa shape index (κ1) is 9.90. The molecular weight excluding hydrogens is 148 g/mol. The van der Waals surface area contributed by atoms with Crippen molar-refractivity contribution in [3.8, 4) is 0 Å². The first-order valence-electron chi connectivity index (χ1n) is 3.12. The Hall–Kier alpha value is -1.10. The molecule has 0 aliphatic rings. The quantitative estimate of drug-likeness (QED) is 0.465. The van der Waals surface area contributed by atoms with E-state index in [1.54, 1.807) is 0 Å². The van der Waals surface area contributed by atoms with Gasteiger partial charge in [-0.2, -0.15) is 0 Å². The van der Waals surface area contributed by atoms with Gasteiger partial charge < -0.3 is 16.6 Å². The Morgan fingerprint density at radius 1 is 1.27 bits per heavy atom. The van der Waals surface area contributed by atoms with E-state index in [2.05, 4.69) is 0 Å². The van der Waals surface area contributed by atoms with Crippen LogP contribution in [0.15, 0.2) is 0 Å². The topological polar surface area (TPSA) is 106 Å². The number of carbonyl (C=O) groups excluding carboxylic acids is 2. The Bertz CT molecular complexity index is 159. The van der Waals surface area contributed by atoms with E-state index in [9.17, 15) is 14.7 Å². The average molecular weight is 160 g/mol. The maximum absolute atomic E-state index is 10.3. The summed E-state index contributed by atoms with van der Waals surface area (Å²) in [4.78, 5) is 20.6. The minimum atomic E-state index is -1.41. The van der Waals surface area contributed by atoms with Gasteiger partial charge in [-0.15, -0.1) is 0 Å². The summed E-state index contributed by atoms with van der Waals surface area (Å²) in [6, 6.07) is 0. The van der Waals surface area contributed by atoms with Crippen molar-refractivity contribution in [2.75, 3.05) is 0 Å². The van der Waals surface area contributed by atoms with Crippen LogP contribution in [0.3, 0.4) is 0 Å². The minimum Gasteiger partial charge on any atom is -0.389 e. The molecule has 5 heteroatoms. The van der Waals surface area contributed by atoms with Crippen LogP contribution in [0.25, 0.3) is 0 Å². The summed E-state index contributed by atoms with van der Waals surface area (Å²) in [5, 5.41) is 9.25. The Morgan fingerprint density at radius 2 is 1.55 bits per heavy atom. The fourth-order valence-corrected chi connectivity index (χ4v) is 0.813. The van der Waals surface area contributed by atoms with Crippen molar-refractivity contribution in [3.05, 3.63) is 0 Å². The summed E-state index contributed by atoms with van der Waals surface area (Å²) in [5.41, 5.74) is 8.20. The number of hydrogen-bond donors (Lipinski definition) is 3. The Morgan fingerprint density at radius 3 is 1.73 bits per heavy atom. The van der Waals surface area contributed by atoms with Gasteiger partial charge in [0.15, 0.2) is 0 Å². The van der Waals surface area contributed by atoms with Crippen molar-refractivity contribution in [3.63, 3.8) is 0 Å². The second-order valence-electron chi connectivity index (χ2n) is 2.78. The second kappa shape index (κ2) is 3.34. The van der Waals surface area contributed by atoms with Crippen molar-refractivity contribution < 1.29 is 14.7 Å². The lowest BCUT2D eigenvalue weighted by Gasteiger charge is -2.18. The van der Waals surface area contributed by atoms with E-state index in [4.69, 9.17) is 11.5 Å². The monoisotopic (exact) mass is 160 g/mol. The molecule has 0 rings (SSSR count). The summed E-state index contributed by atoms with van der Waals surface area (Å²) in [5.74, 6) is -1.31. The molecule has 0 aromatic carbocycles. The van der Waals surface area contributed by atoms with Crippen LogP contribution in [-0.4, -0.2) is 22.5 Å². The summed E-state index contributed by atoms with van der Waals surface area (Å²) >= 11 is 0. The van der Waals surface area contributed by atoms with Crippen LogP contribution in [0.4, 0.5) is 0 Å². The van der Waals surface area contributed by atoms with Crippen LogP contribution in [0, 0.1) is 0 Å². The van der Waals surface area contributed by atoms with Gasteiger partial charge in [0.25, 0.3) is 0 Å². The van der Waals surface area contributed by atoms with E-state index in [-0.39, 0.29) is 12.8 Å². The number of primary amides is 2. The molecule has 0 saturated heterocycles. The van der Waals surface area contributed by atoms with Crippen LogP contribution in [0.2, 0.25) is 0 Å². The van der Waals surface area contributed by atoms with Crippen LogP contribution < -0.4 is 11.5 Å². The molecule has 0 atom stereocenters. The fraction of sp³-hybridized carbons (Fsp3) is 0.667. The molecule has 0 fully saturated rings. The third-order valence-corrected chi connectivity index (χ3v) is 1.11. The van der Waals surface area contributed by atoms with Gasteiger partial charge in [-0.05, 0) is 6.92 Å². The van der Waals surface area contributed by atoms with E-state index in [1.165, 1.54) is 6.92 Å². The molecule has 5 N–H and O–H groups in total. The molecule has 11 heavy (non-hydrogen) atoms. The summed E-state index contributed by atoms with van der Waals surface area (Å²) < 4.78 is 0. The molecule has 0 heterocycles. The normalized spacial score (nSPS) is 11.1. The lowest BCUT2D eigenvalue weighted by Crippen LogP contribution is -2.35. The van der Waals surface area contributed by atoms with Gasteiger partial charge in [-0.1, -0.05) is 0 Å². The lowest BCUT2D eigenvalue weighted by molar-refractivity contribution is -0.126. The van der Waals surface area contributed by atoms with Crippen LogP contribution in [0.5, 0.6) is 0 Å².